The van der Waals surface area contributed by atoms with Gasteiger partial charge in [0.1, 0.15) is 25.0 Å². The molecule has 0 radical (unpaired) electrons. The lowest BCUT2D eigenvalue weighted by molar-refractivity contribution is -0.920. The van der Waals surface area contributed by atoms with Gasteiger partial charge in [-0.25, -0.2) is 4.79 Å². The van der Waals surface area contributed by atoms with Crippen LogP contribution in [0.5, 0.6) is 5.75 Å². The summed E-state index contributed by atoms with van der Waals surface area (Å²) in [5.74, 6) is 0.782. The van der Waals surface area contributed by atoms with Gasteiger partial charge in [-0.05, 0) is 37.8 Å². The SMILES string of the molecule is CCCCCCCCCCc1ccccc1OC(C)COC(=O)C(CCC)[N+](C)(C)Cc1ccccc1. The highest BCUT2D eigenvalue weighted by atomic mass is 16.6. The Balaban J connectivity index is 1.83. The monoisotopic (exact) mass is 510 g/mol. The van der Waals surface area contributed by atoms with E-state index in [0.717, 1.165) is 31.6 Å². The van der Waals surface area contributed by atoms with Gasteiger partial charge in [0.25, 0.3) is 0 Å². The molecule has 0 aliphatic carbocycles. The van der Waals surface area contributed by atoms with Crippen molar-refractivity contribution in [3.05, 3.63) is 65.7 Å². The number of para-hydroxylation sites is 1. The summed E-state index contributed by atoms with van der Waals surface area (Å²) in [4.78, 5) is 13.2. The smallest absolute Gasteiger partial charge is 0.365 e. The van der Waals surface area contributed by atoms with Crippen LogP contribution >= 0.6 is 0 Å². The van der Waals surface area contributed by atoms with Gasteiger partial charge in [-0.1, -0.05) is 107 Å². The van der Waals surface area contributed by atoms with Crippen LogP contribution in [-0.2, 0) is 22.5 Å². The number of carbonyl (C=O) groups is 1. The average molecular weight is 511 g/mol. The molecule has 4 heteroatoms. The zero-order chi connectivity index (χ0) is 26.9. The molecule has 4 nitrogen and oxygen atoms in total. The number of likely N-dealkylation sites (N-methyl/N-ethyl adjacent to an activating group) is 1. The van der Waals surface area contributed by atoms with E-state index in [1.807, 2.05) is 37.3 Å². The van der Waals surface area contributed by atoms with E-state index in [1.165, 1.54) is 62.5 Å². The van der Waals surface area contributed by atoms with Crippen molar-refractivity contribution in [3.63, 3.8) is 0 Å². The second-order valence-corrected chi connectivity index (χ2v) is 11.1. The Bertz CT molecular complexity index is 880. The van der Waals surface area contributed by atoms with Gasteiger partial charge >= 0.3 is 5.97 Å². The quantitative estimate of drug-likeness (QED) is 0.109. The second-order valence-electron chi connectivity index (χ2n) is 11.1. The lowest BCUT2D eigenvalue weighted by Crippen LogP contribution is -2.53. The molecule has 0 bridgehead atoms. The fraction of sp³-hybridized carbons (Fsp3) is 0.606. The Morgan fingerprint density at radius 3 is 2.11 bits per heavy atom. The molecule has 2 aromatic rings. The molecule has 2 atom stereocenters. The van der Waals surface area contributed by atoms with Crippen molar-refractivity contribution >= 4 is 5.97 Å². The first-order chi connectivity index (χ1) is 17.9. The molecular weight excluding hydrogens is 458 g/mol. The van der Waals surface area contributed by atoms with Crippen LogP contribution in [-0.4, -0.2) is 43.3 Å². The Kier molecular flexibility index (Phi) is 14.4. The van der Waals surface area contributed by atoms with E-state index in [4.69, 9.17) is 9.47 Å². The maximum absolute atomic E-state index is 13.2. The highest BCUT2D eigenvalue weighted by Gasteiger charge is 2.36. The number of aryl methyl sites for hydroxylation is 1. The van der Waals surface area contributed by atoms with Gasteiger partial charge in [-0.15, -0.1) is 0 Å². The summed E-state index contributed by atoms with van der Waals surface area (Å²) >= 11 is 0. The van der Waals surface area contributed by atoms with Crippen LogP contribution in [0.1, 0.15) is 96.1 Å². The highest BCUT2D eigenvalue weighted by molar-refractivity contribution is 5.74. The van der Waals surface area contributed by atoms with Gasteiger partial charge in [0.05, 0.1) is 14.1 Å². The van der Waals surface area contributed by atoms with E-state index in [-0.39, 0.29) is 24.7 Å². The fourth-order valence-electron chi connectivity index (χ4n) is 5.01. The summed E-state index contributed by atoms with van der Waals surface area (Å²) in [5, 5.41) is 0. The molecule has 0 aromatic heterocycles. The van der Waals surface area contributed by atoms with Crippen molar-refractivity contribution in [2.24, 2.45) is 0 Å². The Hall–Kier alpha value is -2.33. The predicted molar refractivity (Wildman–Crippen MR) is 155 cm³/mol. The Labute approximate surface area is 227 Å². The van der Waals surface area contributed by atoms with E-state index in [0.29, 0.717) is 4.48 Å². The van der Waals surface area contributed by atoms with Crippen molar-refractivity contribution in [2.75, 3.05) is 20.7 Å². The highest BCUT2D eigenvalue weighted by Crippen LogP contribution is 2.23. The molecule has 0 heterocycles. The minimum atomic E-state index is -0.202. The predicted octanol–water partition coefficient (Wildman–Crippen LogP) is 8.13. The summed E-state index contributed by atoms with van der Waals surface area (Å²) < 4.78 is 12.7. The Morgan fingerprint density at radius 2 is 1.43 bits per heavy atom. The summed E-state index contributed by atoms with van der Waals surface area (Å²) in [7, 11) is 4.24. The summed E-state index contributed by atoms with van der Waals surface area (Å²) in [5.41, 5.74) is 2.47. The van der Waals surface area contributed by atoms with Gasteiger partial charge in [-0.2, -0.15) is 0 Å². The molecule has 0 aliphatic heterocycles. The van der Waals surface area contributed by atoms with Crippen LogP contribution in [0.25, 0.3) is 0 Å². The molecule has 0 saturated heterocycles. The van der Waals surface area contributed by atoms with E-state index >= 15 is 0 Å². The molecular formula is C33H52NO3+. The number of esters is 1. The van der Waals surface area contributed by atoms with E-state index < -0.39 is 0 Å². The van der Waals surface area contributed by atoms with Crippen molar-refractivity contribution in [1.29, 1.82) is 0 Å². The topological polar surface area (TPSA) is 35.5 Å². The molecule has 2 unspecified atom stereocenters. The molecule has 2 aromatic carbocycles. The van der Waals surface area contributed by atoms with Crippen molar-refractivity contribution in [2.45, 2.75) is 110 Å². The third-order valence-corrected chi connectivity index (χ3v) is 7.17. The second kappa shape index (κ2) is 17.2. The van der Waals surface area contributed by atoms with Crippen LogP contribution in [0.4, 0.5) is 0 Å². The number of hydrogen-bond donors (Lipinski definition) is 0. The first-order valence-electron chi connectivity index (χ1n) is 14.6. The van der Waals surface area contributed by atoms with Gasteiger partial charge < -0.3 is 14.0 Å². The zero-order valence-corrected chi connectivity index (χ0v) is 24.2. The third kappa shape index (κ3) is 11.7. The lowest BCUT2D eigenvalue weighted by Gasteiger charge is -2.36. The number of rotatable bonds is 19. The van der Waals surface area contributed by atoms with E-state index in [2.05, 4.69) is 52.2 Å². The number of quaternary nitrogens is 1. The fourth-order valence-corrected chi connectivity index (χ4v) is 5.01. The molecule has 0 aliphatic rings. The number of unbranched alkanes of at least 4 members (excludes halogenated alkanes) is 7. The minimum absolute atomic E-state index is 0.134. The van der Waals surface area contributed by atoms with Gasteiger partial charge in [-0.3, -0.25) is 0 Å². The third-order valence-electron chi connectivity index (χ3n) is 7.17. The summed E-state index contributed by atoms with van der Waals surface area (Å²) in [6.45, 7) is 7.42. The van der Waals surface area contributed by atoms with Gasteiger partial charge in [0.15, 0.2) is 6.04 Å². The molecule has 0 fully saturated rings. The Morgan fingerprint density at radius 1 is 0.811 bits per heavy atom. The lowest BCUT2D eigenvalue weighted by atomic mass is 10.0. The standard InChI is InChI=1S/C33H52NO3/c1-6-8-9-10-11-12-13-17-23-30-24-18-19-25-32(30)37-28(3)27-36-33(35)31(20-7-2)34(4,5)26-29-21-15-14-16-22-29/h14-16,18-19,21-22,24-25,28,31H,6-13,17,20,23,26-27H2,1-5H3/q+1. The first kappa shape index (κ1) is 30.9. The summed E-state index contributed by atoms with van der Waals surface area (Å²) in [6, 6.07) is 18.5. The minimum Gasteiger partial charge on any atom is -0.487 e. The maximum atomic E-state index is 13.2. The number of ether oxygens (including phenoxy) is 2. The first-order valence-corrected chi connectivity index (χ1v) is 14.6. The molecule has 206 valence electrons. The molecule has 0 spiro atoms. The summed E-state index contributed by atoms with van der Waals surface area (Å²) in [6.07, 6.45) is 13.1. The number of nitrogens with zero attached hydrogens (tertiary/aromatic N) is 1. The molecule has 0 saturated carbocycles. The number of carbonyl (C=O) groups excluding carboxylic acids is 1. The van der Waals surface area contributed by atoms with Crippen LogP contribution < -0.4 is 4.74 Å². The normalized spacial score (nSPS) is 13.2. The number of hydrogen-bond acceptors (Lipinski definition) is 3. The van der Waals surface area contributed by atoms with E-state index in [1.54, 1.807) is 0 Å². The maximum Gasteiger partial charge on any atom is 0.365 e. The van der Waals surface area contributed by atoms with Crippen LogP contribution in [0.15, 0.2) is 54.6 Å². The number of benzene rings is 2. The largest absolute Gasteiger partial charge is 0.487 e. The van der Waals surface area contributed by atoms with Gasteiger partial charge in [0.2, 0.25) is 0 Å². The van der Waals surface area contributed by atoms with E-state index in [9.17, 15) is 4.79 Å². The van der Waals surface area contributed by atoms with Crippen molar-refractivity contribution < 1.29 is 18.8 Å². The van der Waals surface area contributed by atoms with Crippen molar-refractivity contribution in [3.8, 4) is 5.75 Å². The molecule has 0 N–H and O–H groups in total. The zero-order valence-electron chi connectivity index (χ0n) is 24.2. The molecule has 37 heavy (non-hydrogen) atoms. The van der Waals surface area contributed by atoms with Crippen LogP contribution in [0.2, 0.25) is 0 Å². The van der Waals surface area contributed by atoms with Gasteiger partial charge in [0, 0.05) is 12.0 Å². The van der Waals surface area contributed by atoms with Crippen LogP contribution in [0, 0.1) is 0 Å². The molecule has 2 rings (SSSR count). The average Bonchev–Trinajstić information content (AvgIpc) is 2.88. The van der Waals surface area contributed by atoms with Crippen molar-refractivity contribution in [1.82, 2.24) is 0 Å². The van der Waals surface area contributed by atoms with Crippen LogP contribution in [0.3, 0.4) is 0 Å². The molecule has 0 amide bonds.